The van der Waals surface area contributed by atoms with Crippen LogP contribution in [-0.2, 0) is 27.5 Å². The first kappa shape index (κ1) is 16.9. The van der Waals surface area contributed by atoms with Crippen LogP contribution in [0.25, 0.3) is 0 Å². The summed E-state index contributed by atoms with van der Waals surface area (Å²) in [5.74, 6) is -0.295. The van der Waals surface area contributed by atoms with Gasteiger partial charge in [0.25, 0.3) is 5.91 Å². The van der Waals surface area contributed by atoms with Crippen LogP contribution >= 0.6 is 0 Å². The summed E-state index contributed by atoms with van der Waals surface area (Å²) in [6, 6.07) is 4.80. The molecule has 1 atom stereocenters. The molecule has 6 heteroatoms. The fraction of sp³-hybridized carbons (Fsp3) is 0.412. The van der Waals surface area contributed by atoms with Crippen molar-refractivity contribution in [1.29, 1.82) is 0 Å². The van der Waals surface area contributed by atoms with E-state index < -0.39 is 6.04 Å². The number of fused-ring (bicyclic) bond motifs is 1. The normalized spacial score (nSPS) is 14.3. The molecule has 2 rings (SSSR count). The third-order valence-electron chi connectivity index (χ3n) is 4.01. The number of Topliss-reactive ketones (excluding diaryl/α,β-unsaturated/α-hetero) is 2. The average molecular weight is 316 g/mol. The van der Waals surface area contributed by atoms with Crippen molar-refractivity contribution in [1.82, 2.24) is 10.2 Å². The SMILES string of the molecule is CC(=O)CCC(C(C)=O)N1Cc2cc(CNC=O)ccc2C1=O. The molecule has 0 fully saturated rings. The lowest BCUT2D eigenvalue weighted by atomic mass is 10.0. The molecule has 0 saturated heterocycles. The molecular weight excluding hydrogens is 296 g/mol. The summed E-state index contributed by atoms with van der Waals surface area (Å²) in [5, 5.41) is 2.58. The third kappa shape index (κ3) is 3.83. The third-order valence-corrected chi connectivity index (χ3v) is 4.01. The van der Waals surface area contributed by atoms with Gasteiger partial charge in [0.15, 0.2) is 5.78 Å². The molecule has 1 aliphatic heterocycles. The van der Waals surface area contributed by atoms with Crippen molar-refractivity contribution in [2.45, 2.75) is 45.8 Å². The largest absolute Gasteiger partial charge is 0.355 e. The summed E-state index contributed by atoms with van der Waals surface area (Å²) < 4.78 is 0. The molecule has 0 aromatic heterocycles. The molecule has 23 heavy (non-hydrogen) atoms. The van der Waals surface area contributed by atoms with Gasteiger partial charge in [0.1, 0.15) is 5.78 Å². The lowest BCUT2D eigenvalue weighted by Gasteiger charge is -2.25. The standard InChI is InChI=1S/C17H20N2O4/c1-11(21)3-6-16(12(2)22)19-9-14-7-13(8-18-10-20)4-5-15(14)17(19)23/h4-5,7,10,16H,3,6,8-9H2,1-2H3,(H,18,20). The molecule has 0 spiro atoms. The smallest absolute Gasteiger partial charge is 0.255 e. The van der Waals surface area contributed by atoms with Crippen LogP contribution in [-0.4, -0.2) is 34.8 Å². The van der Waals surface area contributed by atoms with Gasteiger partial charge < -0.3 is 15.0 Å². The second kappa shape index (κ2) is 7.17. The molecule has 0 aliphatic carbocycles. The van der Waals surface area contributed by atoms with E-state index >= 15 is 0 Å². The van der Waals surface area contributed by atoms with Crippen molar-refractivity contribution >= 4 is 23.9 Å². The van der Waals surface area contributed by atoms with Crippen LogP contribution in [0.15, 0.2) is 18.2 Å². The van der Waals surface area contributed by atoms with Crippen LogP contribution in [0.4, 0.5) is 0 Å². The molecule has 0 radical (unpaired) electrons. The van der Waals surface area contributed by atoms with Crippen molar-refractivity contribution in [2.24, 2.45) is 0 Å². The summed E-state index contributed by atoms with van der Waals surface area (Å²) in [6.45, 7) is 3.67. The lowest BCUT2D eigenvalue weighted by molar-refractivity contribution is -0.122. The van der Waals surface area contributed by atoms with Gasteiger partial charge in [0, 0.05) is 25.1 Å². The van der Waals surface area contributed by atoms with Crippen LogP contribution in [0.5, 0.6) is 0 Å². The zero-order valence-corrected chi connectivity index (χ0v) is 13.3. The highest BCUT2D eigenvalue weighted by atomic mass is 16.2. The quantitative estimate of drug-likeness (QED) is 0.731. The van der Waals surface area contributed by atoms with Crippen LogP contribution in [0, 0.1) is 0 Å². The number of ketones is 2. The number of amides is 2. The Morgan fingerprint density at radius 3 is 2.70 bits per heavy atom. The monoisotopic (exact) mass is 316 g/mol. The van der Waals surface area contributed by atoms with E-state index in [2.05, 4.69) is 5.32 Å². The van der Waals surface area contributed by atoms with Gasteiger partial charge in [-0.2, -0.15) is 0 Å². The highest BCUT2D eigenvalue weighted by Gasteiger charge is 2.34. The van der Waals surface area contributed by atoms with Gasteiger partial charge in [0.2, 0.25) is 6.41 Å². The number of benzene rings is 1. The number of hydrogen-bond acceptors (Lipinski definition) is 4. The second-order valence-corrected chi connectivity index (χ2v) is 5.79. The van der Waals surface area contributed by atoms with E-state index in [1.165, 1.54) is 18.7 Å². The minimum absolute atomic E-state index is 0.00244. The maximum Gasteiger partial charge on any atom is 0.255 e. The van der Waals surface area contributed by atoms with E-state index in [-0.39, 0.29) is 23.9 Å². The molecule has 1 N–H and O–H groups in total. The Balaban J connectivity index is 2.19. The Bertz CT molecular complexity index is 654. The van der Waals surface area contributed by atoms with Crippen molar-refractivity contribution < 1.29 is 19.2 Å². The molecule has 1 heterocycles. The molecule has 122 valence electrons. The summed E-state index contributed by atoms with van der Waals surface area (Å²) in [5.41, 5.74) is 2.32. The summed E-state index contributed by atoms with van der Waals surface area (Å²) >= 11 is 0. The highest BCUT2D eigenvalue weighted by Crippen LogP contribution is 2.27. The van der Waals surface area contributed by atoms with Gasteiger partial charge in [-0.05, 0) is 37.5 Å². The molecule has 2 amide bonds. The van der Waals surface area contributed by atoms with Gasteiger partial charge >= 0.3 is 0 Å². The van der Waals surface area contributed by atoms with E-state index in [9.17, 15) is 19.2 Å². The number of carbonyl (C=O) groups excluding carboxylic acids is 4. The first-order valence-corrected chi connectivity index (χ1v) is 7.53. The van der Waals surface area contributed by atoms with Gasteiger partial charge in [-0.25, -0.2) is 0 Å². The first-order valence-electron chi connectivity index (χ1n) is 7.53. The summed E-state index contributed by atoms with van der Waals surface area (Å²) in [4.78, 5) is 47.5. The molecule has 1 unspecified atom stereocenters. The number of nitrogens with zero attached hydrogens (tertiary/aromatic N) is 1. The van der Waals surface area contributed by atoms with E-state index in [0.717, 1.165) is 11.1 Å². The zero-order valence-electron chi connectivity index (χ0n) is 13.3. The maximum atomic E-state index is 12.5. The Kier molecular flexibility index (Phi) is 5.26. The van der Waals surface area contributed by atoms with Crippen molar-refractivity contribution in [2.75, 3.05) is 0 Å². The van der Waals surface area contributed by atoms with Gasteiger partial charge in [-0.3, -0.25) is 14.4 Å². The van der Waals surface area contributed by atoms with E-state index in [1.54, 1.807) is 12.1 Å². The predicted octanol–water partition coefficient (Wildman–Crippen LogP) is 1.22. The Labute approximate surface area is 134 Å². The topological polar surface area (TPSA) is 83.6 Å². The van der Waals surface area contributed by atoms with Gasteiger partial charge in [0.05, 0.1) is 6.04 Å². The lowest BCUT2D eigenvalue weighted by Crippen LogP contribution is -2.40. The van der Waals surface area contributed by atoms with Crippen molar-refractivity contribution in [3.05, 3.63) is 34.9 Å². The number of carbonyl (C=O) groups is 4. The van der Waals surface area contributed by atoms with Crippen LogP contribution in [0.1, 0.15) is 48.2 Å². The van der Waals surface area contributed by atoms with Crippen LogP contribution < -0.4 is 5.32 Å². The highest BCUT2D eigenvalue weighted by molar-refractivity contribution is 6.01. The average Bonchev–Trinajstić information content (AvgIpc) is 2.81. The van der Waals surface area contributed by atoms with Gasteiger partial charge in [-0.15, -0.1) is 0 Å². The summed E-state index contributed by atoms with van der Waals surface area (Å²) in [7, 11) is 0. The van der Waals surface area contributed by atoms with E-state index in [0.29, 0.717) is 31.5 Å². The summed E-state index contributed by atoms with van der Waals surface area (Å²) in [6.07, 6.45) is 1.25. The molecular formula is C17H20N2O4. The zero-order chi connectivity index (χ0) is 17.0. The molecule has 1 aromatic rings. The Hall–Kier alpha value is -2.50. The molecule has 1 aliphatic rings. The maximum absolute atomic E-state index is 12.5. The molecule has 1 aromatic carbocycles. The van der Waals surface area contributed by atoms with Crippen LogP contribution in [0.3, 0.4) is 0 Å². The minimum atomic E-state index is -0.574. The fourth-order valence-corrected chi connectivity index (χ4v) is 2.84. The first-order chi connectivity index (χ1) is 10.9. The fourth-order valence-electron chi connectivity index (χ4n) is 2.84. The Morgan fingerprint density at radius 2 is 2.09 bits per heavy atom. The number of nitrogens with one attached hydrogen (secondary N) is 1. The van der Waals surface area contributed by atoms with Crippen molar-refractivity contribution in [3.63, 3.8) is 0 Å². The molecule has 0 saturated carbocycles. The second-order valence-electron chi connectivity index (χ2n) is 5.79. The van der Waals surface area contributed by atoms with Gasteiger partial charge in [-0.1, -0.05) is 12.1 Å². The van der Waals surface area contributed by atoms with E-state index in [4.69, 9.17) is 0 Å². The van der Waals surface area contributed by atoms with E-state index in [1.807, 2.05) is 6.07 Å². The van der Waals surface area contributed by atoms with Crippen molar-refractivity contribution in [3.8, 4) is 0 Å². The molecule has 6 nitrogen and oxygen atoms in total. The predicted molar refractivity (Wildman–Crippen MR) is 83.6 cm³/mol. The molecule has 0 bridgehead atoms. The Morgan fingerprint density at radius 1 is 1.35 bits per heavy atom. The van der Waals surface area contributed by atoms with Crippen LogP contribution in [0.2, 0.25) is 0 Å². The number of hydrogen-bond donors (Lipinski definition) is 1. The minimum Gasteiger partial charge on any atom is -0.355 e. The number of rotatable bonds is 8.